The van der Waals surface area contributed by atoms with E-state index in [9.17, 15) is 14.3 Å². The van der Waals surface area contributed by atoms with Gasteiger partial charge in [0.1, 0.15) is 11.9 Å². The number of hydrogen-bond donors (Lipinski definition) is 2. The van der Waals surface area contributed by atoms with Crippen molar-refractivity contribution < 1.29 is 19.0 Å². The Kier molecular flexibility index (Phi) is 5.52. The molecule has 1 atom stereocenters. The number of benzene rings is 1. The molecule has 1 saturated heterocycles. The molecule has 2 N–H and O–H groups in total. The molecule has 0 aliphatic carbocycles. The van der Waals surface area contributed by atoms with E-state index in [0.29, 0.717) is 30.9 Å². The fourth-order valence-corrected chi connectivity index (χ4v) is 2.46. The van der Waals surface area contributed by atoms with E-state index in [1.165, 1.54) is 6.07 Å². The second kappa shape index (κ2) is 7.38. The van der Waals surface area contributed by atoms with Gasteiger partial charge in [-0.3, -0.25) is 4.79 Å². The van der Waals surface area contributed by atoms with Crippen LogP contribution in [0, 0.1) is 5.82 Å². The fourth-order valence-electron chi connectivity index (χ4n) is 2.46. The van der Waals surface area contributed by atoms with E-state index in [-0.39, 0.29) is 19.1 Å². The number of nitrogens with one attached hydrogen (secondary N) is 1. The largest absolute Gasteiger partial charge is 0.392 e. The summed E-state index contributed by atoms with van der Waals surface area (Å²) in [5.41, 5.74) is 0.769. The number of aliphatic hydroxyl groups excluding tert-OH is 1. The first-order valence-corrected chi connectivity index (χ1v) is 7.19. The number of amides is 1. The summed E-state index contributed by atoms with van der Waals surface area (Å²) < 4.78 is 19.5. The number of carbonyl (C=O) groups excluding carboxylic acids is 1. The molecule has 0 bridgehead atoms. The number of halogens is 1. The summed E-state index contributed by atoms with van der Waals surface area (Å²) in [5.74, 6) is -0.611. The third kappa shape index (κ3) is 3.51. The van der Waals surface area contributed by atoms with Crippen LogP contribution in [0.1, 0.15) is 18.9 Å². The minimum absolute atomic E-state index is 0.177. The van der Waals surface area contributed by atoms with Crippen molar-refractivity contribution in [1.29, 1.82) is 0 Å². The van der Waals surface area contributed by atoms with E-state index in [4.69, 9.17) is 4.74 Å². The number of ether oxygens (including phenoxy) is 1. The van der Waals surface area contributed by atoms with Gasteiger partial charge in [-0.25, -0.2) is 4.39 Å². The van der Waals surface area contributed by atoms with Crippen LogP contribution in [0.4, 0.5) is 10.1 Å². The van der Waals surface area contributed by atoms with Crippen LogP contribution in [0.3, 0.4) is 0 Å². The van der Waals surface area contributed by atoms with Crippen LogP contribution in [0.5, 0.6) is 0 Å². The predicted octanol–water partition coefficient (Wildman–Crippen LogP) is 1.05. The van der Waals surface area contributed by atoms with Crippen molar-refractivity contribution in [3.8, 4) is 0 Å². The van der Waals surface area contributed by atoms with Crippen molar-refractivity contribution in [3.05, 3.63) is 29.6 Å². The smallest absolute Gasteiger partial charge is 0.245 e. The van der Waals surface area contributed by atoms with Crippen LogP contribution in [0.15, 0.2) is 18.2 Å². The Morgan fingerprint density at radius 3 is 3.10 bits per heavy atom. The fraction of sp³-hybridized carbons (Fsp3) is 0.533. The number of rotatable bonds is 5. The van der Waals surface area contributed by atoms with Crippen molar-refractivity contribution in [2.24, 2.45) is 0 Å². The summed E-state index contributed by atoms with van der Waals surface area (Å²) in [7, 11) is 0. The highest BCUT2D eigenvalue weighted by molar-refractivity contribution is 5.86. The van der Waals surface area contributed by atoms with Gasteiger partial charge >= 0.3 is 0 Å². The average molecular weight is 296 g/mol. The lowest BCUT2D eigenvalue weighted by Gasteiger charge is -2.37. The molecule has 0 saturated carbocycles. The molecule has 1 heterocycles. The van der Waals surface area contributed by atoms with Gasteiger partial charge in [0, 0.05) is 18.7 Å². The van der Waals surface area contributed by atoms with Crippen molar-refractivity contribution in [3.63, 3.8) is 0 Å². The van der Waals surface area contributed by atoms with Crippen molar-refractivity contribution >= 4 is 11.6 Å². The average Bonchev–Trinajstić information content (AvgIpc) is 2.52. The number of morpholine rings is 1. The number of aliphatic hydroxyl groups is 1. The molecule has 1 aromatic rings. The lowest BCUT2D eigenvalue weighted by atomic mass is 10.1. The number of anilines is 1. The highest BCUT2D eigenvalue weighted by Crippen LogP contribution is 2.28. The van der Waals surface area contributed by atoms with E-state index in [0.717, 1.165) is 6.42 Å². The molecule has 6 heteroatoms. The van der Waals surface area contributed by atoms with Crippen LogP contribution in [0.25, 0.3) is 0 Å². The topological polar surface area (TPSA) is 61.8 Å². The van der Waals surface area contributed by atoms with Gasteiger partial charge in [0.15, 0.2) is 0 Å². The lowest BCUT2D eigenvalue weighted by molar-refractivity contribution is -0.124. The molecule has 0 aromatic heterocycles. The molecule has 21 heavy (non-hydrogen) atoms. The molecule has 1 fully saturated rings. The molecule has 5 nitrogen and oxygen atoms in total. The zero-order valence-electron chi connectivity index (χ0n) is 12.1. The van der Waals surface area contributed by atoms with Gasteiger partial charge in [-0.05, 0) is 12.5 Å². The Morgan fingerprint density at radius 1 is 1.57 bits per heavy atom. The van der Waals surface area contributed by atoms with E-state index >= 15 is 0 Å². The first-order valence-electron chi connectivity index (χ1n) is 7.19. The van der Waals surface area contributed by atoms with Gasteiger partial charge in [0.25, 0.3) is 0 Å². The standard InChI is InChI=1S/C15H21FN2O3/c1-2-6-17-15(20)13-10-21-8-7-18(13)14-11(9-19)4-3-5-12(14)16/h3-5,13,19H,2,6-10H2,1H3,(H,17,20). The second-order valence-corrected chi connectivity index (χ2v) is 4.98. The SMILES string of the molecule is CCCNC(=O)C1COCCN1c1c(F)cccc1CO. The van der Waals surface area contributed by atoms with Gasteiger partial charge in [0.2, 0.25) is 5.91 Å². The van der Waals surface area contributed by atoms with Gasteiger partial charge in [-0.15, -0.1) is 0 Å². The molecule has 1 aromatic carbocycles. The zero-order valence-corrected chi connectivity index (χ0v) is 12.1. The molecule has 0 spiro atoms. The van der Waals surface area contributed by atoms with Gasteiger partial charge in [-0.2, -0.15) is 0 Å². The quantitative estimate of drug-likeness (QED) is 0.852. The Bertz CT molecular complexity index is 496. The van der Waals surface area contributed by atoms with E-state index in [1.807, 2.05) is 6.92 Å². The van der Waals surface area contributed by atoms with Crippen LogP contribution in [-0.4, -0.2) is 43.4 Å². The summed E-state index contributed by atoms with van der Waals surface area (Å²) in [5, 5.41) is 12.2. The molecule has 2 rings (SSSR count). The zero-order chi connectivity index (χ0) is 15.2. The minimum atomic E-state index is -0.576. The monoisotopic (exact) mass is 296 g/mol. The maximum atomic E-state index is 14.2. The number of hydrogen-bond acceptors (Lipinski definition) is 4. The Hall–Kier alpha value is -1.66. The van der Waals surface area contributed by atoms with Crippen LogP contribution >= 0.6 is 0 Å². The summed E-state index contributed by atoms with van der Waals surface area (Å²) in [6.45, 7) is 3.33. The van der Waals surface area contributed by atoms with Gasteiger partial charge in [-0.1, -0.05) is 19.1 Å². The lowest BCUT2D eigenvalue weighted by Crippen LogP contribution is -2.54. The molecule has 1 unspecified atom stereocenters. The van der Waals surface area contributed by atoms with Crippen molar-refractivity contribution in [2.75, 3.05) is 31.2 Å². The van der Waals surface area contributed by atoms with E-state index < -0.39 is 11.9 Å². The normalized spacial score (nSPS) is 18.6. The summed E-state index contributed by atoms with van der Waals surface area (Å²) in [6.07, 6.45) is 0.834. The van der Waals surface area contributed by atoms with Gasteiger partial charge in [0.05, 0.1) is 25.5 Å². The van der Waals surface area contributed by atoms with Crippen molar-refractivity contribution in [1.82, 2.24) is 5.32 Å². The third-order valence-corrected chi connectivity index (χ3v) is 3.51. The predicted molar refractivity (Wildman–Crippen MR) is 77.6 cm³/mol. The molecular formula is C15H21FN2O3. The Balaban J connectivity index is 2.28. The maximum absolute atomic E-state index is 14.2. The molecule has 116 valence electrons. The molecule has 0 radical (unpaired) electrons. The Morgan fingerprint density at radius 2 is 2.38 bits per heavy atom. The van der Waals surface area contributed by atoms with E-state index in [2.05, 4.69) is 5.32 Å². The number of nitrogens with zero attached hydrogens (tertiary/aromatic N) is 1. The Labute approximate surface area is 123 Å². The highest BCUT2D eigenvalue weighted by atomic mass is 19.1. The van der Waals surface area contributed by atoms with Crippen LogP contribution in [0.2, 0.25) is 0 Å². The van der Waals surface area contributed by atoms with Crippen LogP contribution in [-0.2, 0) is 16.1 Å². The van der Waals surface area contributed by atoms with E-state index in [1.54, 1.807) is 17.0 Å². The summed E-state index contributed by atoms with van der Waals surface area (Å²) >= 11 is 0. The highest BCUT2D eigenvalue weighted by Gasteiger charge is 2.32. The molecular weight excluding hydrogens is 275 g/mol. The maximum Gasteiger partial charge on any atom is 0.245 e. The molecule has 1 aliphatic rings. The molecule has 1 aliphatic heterocycles. The minimum Gasteiger partial charge on any atom is -0.392 e. The summed E-state index contributed by atoms with van der Waals surface area (Å²) in [6, 6.07) is 3.98. The number of para-hydroxylation sites is 1. The van der Waals surface area contributed by atoms with Crippen LogP contribution < -0.4 is 10.2 Å². The number of carbonyl (C=O) groups is 1. The molecule has 1 amide bonds. The first-order chi connectivity index (χ1) is 10.2. The first kappa shape index (κ1) is 15.7. The van der Waals surface area contributed by atoms with Gasteiger partial charge < -0.3 is 20.1 Å². The third-order valence-electron chi connectivity index (χ3n) is 3.51. The second-order valence-electron chi connectivity index (χ2n) is 4.98. The summed E-state index contributed by atoms with van der Waals surface area (Å²) in [4.78, 5) is 13.9. The van der Waals surface area contributed by atoms with Crippen molar-refractivity contribution in [2.45, 2.75) is 26.0 Å².